The van der Waals surface area contributed by atoms with Gasteiger partial charge in [-0.1, -0.05) is 31.2 Å². The largest absolute Gasteiger partial charge is 0.426 e. The highest BCUT2D eigenvalue weighted by Crippen LogP contribution is 2.49. The molecule has 30 heavy (non-hydrogen) atoms. The lowest BCUT2D eigenvalue weighted by molar-refractivity contribution is -0.386. The molecule has 0 saturated carbocycles. The lowest BCUT2D eigenvalue weighted by Gasteiger charge is -2.45. The lowest BCUT2D eigenvalue weighted by atomic mass is 9.88. The number of carbonyl (C=O) groups excluding carboxylic acids is 1. The Labute approximate surface area is 170 Å². The number of benzene rings is 2. The molecule has 10 heteroatoms. The fourth-order valence-corrected chi connectivity index (χ4v) is 3.60. The van der Waals surface area contributed by atoms with Crippen LogP contribution in [0.25, 0.3) is 0 Å². The second kappa shape index (κ2) is 7.32. The van der Waals surface area contributed by atoms with Gasteiger partial charge >= 0.3 is 5.97 Å². The fourth-order valence-electron chi connectivity index (χ4n) is 3.60. The molecule has 2 aliphatic heterocycles. The summed E-state index contributed by atoms with van der Waals surface area (Å²) < 4.78 is 17.5. The molecule has 2 heterocycles. The van der Waals surface area contributed by atoms with E-state index in [1.54, 1.807) is 19.1 Å². The standard InChI is InChI=1S/C20H16N2O8/c1-12-18(13-4-2-6-15(10-13)21(24)25)28-19(30-20(12)9-8-17(23)29-20)14-5-3-7-16(11-14)22(26)27/h2-12,18-19H,1H3/t12?,18-,19+,20-/m1/s1. The Balaban J connectivity index is 1.77. The minimum Gasteiger partial charge on any atom is -0.426 e. The van der Waals surface area contributed by atoms with Gasteiger partial charge in [0.15, 0.2) is 6.29 Å². The number of nitro benzene ring substituents is 2. The van der Waals surface area contributed by atoms with E-state index in [1.807, 2.05) is 0 Å². The molecular formula is C20H16N2O8. The maximum Gasteiger partial charge on any atom is 0.333 e. The van der Waals surface area contributed by atoms with Crippen LogP contribution in [0.5, 0.6) is 0 Å². The van der Waals surface area contributed by atoms with E-state index in [9.17, 15) is 25.0 Å². The van der Waals surface area contributed by atoms with E-state index < -0.39 is 39.9 Å². The van der Waals surface area contributed by atoms with Crippen LogP contribution >= 0.6 is 0 Å². The smallest absolute Gasteiger partial charge is 0.333 e. The lowest BCUT2D eigenvalue weighted by Crippen LogP contribution is -2.48. The van der Waals surface area contributed by atoms with Crippen LogP contribution in [-0.4, -0.2) is 21.6 Å². The first kappa shape index (κ1) is 19.7. The minimum atomic E-state index is -1.47. The van der Waals surface area contributed by atoms with Crippen molar-refractivity contribution in [3.05, 3.63) is 92.0 Å². The van der Waals surface area contributed by atoms with Crippen LogP contribution in [0, 0.1) is 26.1 Å². The zero-order valence-electron chi connectivity index (χ0n) is 15.7. The zero-order valence-corrected chi connectivity index (χ0v) is 15.7. The molecule has 1 spiro atoms. The minimum absolute atomic E-state index is 0.116. The zero-order chi connectivity index (χ0) is 21.5. The molecule has 0 bridgehead atoms. The predicted molar refractivity (Wildman–Crippen MR) is 101 cm³/mol. The monoisotopic (exact) mass is 412 g/mol. The highest BCUT2D eigenvalue weighted by molar-refractivity contribution is 5.85. The van der Waals surface area contributed by atoms with E-state index in [2.05, 4.69) is 0 Å². The second-order valence-electron chi connectivity index (χ2n) is 6.98. The van der Waals surface area contributed by atoms with Crippen molar-refractivity contribution in [2.45, 2.75) is 25.1 Å². The fraction of sp³-hybridized carbons (Fsp3) is 0.250. The Morgan fingerprint density at radius 3 is 2.13 bits per heavy atom. The van der Waals surface area contributed by atoms with Gasteiger partial charge in [0, 0.05) is 35.9 Å². The van der Waals surface area contributed by atoms with Gasteiger partial charge in [0.1, 0.15) is 0 Å². The van der Waals surface area contributed by atoms with Gasteiger partial charge in [0.25, 0.3) is 11.4 Å². The first-order chi connectivity index (χ1) is 14.3. The van der Waals surface area contributed by atoms with Gasteiger partial charge in [0.05, 0.1) is 21.9 Å². The quantitative estimate of drug-likeness (QED) is 0.422. The Bertz CT molecular complexity index is 1070. The highest BCUT2D eigenvalue weighted by atomic mass is 16.8. The average Bonchev–Trinajstić information content (AvgIpc) is 3.11. The van der Waals surface area contributed by atoms with Crippen LogP contribution in [0.4, 0.5) is 11.4 Å². The maximum absolute atomic E-state index is 11.8. The van der Waals surface area contributed by atoms with Crippen molar-refractivity contribution in [2.75, 3.05) is 0 Å². The molecule has 2 aromatic rings. The third kappa shape index (κ3) is 3.42. The van der Waals surface area contributed by atoms with Crippen molar-refractivity contribution in [1.29, 1.82) is 0 Å². The van der Waals surface area contributed by atoms with Crippen LogP contribution in [0.15, 0.2) is 60.7 Å². The summed E-state index contributed by atoms with van der Waals surface area (Å²) >= 11 is 0. The molecule has 0 N–H and O–H groups in total. The molecule has 10 nitrogen and oxygen atoms in total. The number of rotatable bonds is 4. The van der Waals surface area contributed by atoms with Crippen molar-refractivity contribution in [2.24, 2.45) is 5.92 Å². The van der Waals surface area contributed by atoms with Gasteiger partial charge < -0.3 is 14.2 Å². The number of ether oxygens (including phenoxy) is 3. The summed E-state index contributed by atoms with van der Waals surface area (Å²) in [6.07, 6.45) is 0.841. The molecule has 2 aliphatic rings. The maximum atomic E-state index is 11.8. The van der Waals surface area contributed by atoms with E-state index in [0.29, 0.717) is 11.1 Å². The molecule has 4 atom stereocenters. The summed E-state index contributed by atoms with van der Waals surface area (Å²) in [6.45, 7) is 1.73. The molecule has 0 amide bonds. The highest BCUT2D eigenvalue weighted by Gasteiger charge is 2.53. The third-order valence-electron chi connectivity index (χ3n) is 5.12. The molecule has 1 saturated heterocycles. The van der Waals surface area contributed by atoms with E-state index in [0.717, 1.165) is 0 Å². The molecule has 4 rings (SSSR count). The first-order valence-electron chi connectivity index (χ1n) is 9.03. The summed E-state index contributed by atoms with van der Waals surface area (Å²) in [5.74, 6) is -2.63. The van der Waals surface area contributed by atoms with Crippen LogP contribution in [0.2, 0.25) is 0 Å². The van der Waals surface area contributed by atoms with Crippen molar-refractivity contribution in [3.8, 4) is 0 Å². The van der Waals surface area contributed by atoms with Gasteiger partial charge in [-0.3, -0.25) is 20.2 Å². The summed E-state index contributed by atoms with van der Waals surface area (Å²) in [6, 6.07) is 11.7. The van der Waals surface area contributed by atoms with Gasteiger partial charge in [-0.2, -0.15) is 0 Å². The Morgan fingerprint density at radius 1 is 0.967 bits per heavy atom. The number of esters is 1. The topological polar surface area (TPSA) is 131 Å². The Kier molecular flexibility index (Phi) is 4.80. The van der Waals surface area contributed by atoms with E-state index in [4.69, 9.17) is 14.2 Å². The normalized spacial score (nSPS) is 27.8. The molecule has 154 valence electrons. The third-order valence-corrected chi connectivity index (χ3v) is 5.12. The average molecular weight is 412 g/mol. The molecule has 0 radical (unpaired) electrons. The molecule has 1 fully saturated rings. The van der Waals surface area contributed by atoms with E-state index in [1.165, 1.54) is 48.6 Å². The van der Waals surface area contributed by atoms with Crippen molar-refractivity contribution in [3.63, 3.8) is 0 Å². The summed E-state index contributed by atoms with van der Waals surface area (Å²) in [5.41, 5.74) is 0.571. The van der Waals surface area contributed by atoms with E-state index in [-0.39, 0.29) is 11.4 Å². The van der Waals surface area contributed by atoms with Gasteiger partial charge in [-0.05, 0) is 11.6 Å². The first-order valence-corrected chi connectivity index (χ1v) is 9.03. The van der Waals surface area contributed by atoms with Crippen LogP contribution in [0.1, 0.15) is 30.4 Å². The van der Waals surface area contributed by atoms with Crippen molar-refractivity contribution < 1.29 is 28.9 Å². The Hall–Kier alpha value is -3.63. The summed E-state index contributed by atoms with van der Waals surface area (Å²) in [5, 5.41) is 22.3. The van der Waals surface area contributed by atoms with Gasteiger partial charge in [-0.15, -0.1) is 0 Å². The van der Waals surface area contributed by atoms with Gasteiger partial charge in [0.2, 0.25) is 5.79 Å². The van der Waals surface area contributed by atoms with Crippen molar-refractivity contribution in [1.82, 2.24) is 0 Å². The molecule has 0 aliphatic carbocycles. The van der Waals surface area contributed by atoms with Crippen LogP contribution < -0.4 is 0 Å². The van der Waals surface area contributed by atoms with Crippen LogP contribution in [-0.2, 0) is 19.0 Å². The molecular weight excluding hydrogens is 396 g/mol. The predicted octanol–water partition coefficient (Wildman–Crippen LogP) is 3.74. The van der Waals surface area contributed by atoms with Crippen LogP contribution in [0.3, 0.4) is 0 Å². The molecule has 0 aromatic heterocycles. The second-order valence-corrected chi connectivity index (χ2v) is 6.98. The SMILES string of the molecule is CC1[C@H](c2cccc([N+](=O)[O-])c2)O[C@H](c2cccc([N+](=O)[O-])c2)O[C@]12C=CC(=O)O2. The number of carbonyl (C=O) groups is 1. The number of non-ortho nitro benzene ring substituents is 2. The van der Waals surface area contributed by atoms with Gasteiger partial charge in [-0.25, -0.2) is 4.79 Å². The molecule has 2 aromatic carbocycles. The number of hydrogen-bond donors (Lipinski definition) is 0. The number of hydrogen-bond acceptors (Lipinski definition) is 8. The Morgan fingerprint density at radius 2 is 1.57 bits per heavy atom. The number of nitro groups is 2. The molecule has 1 unspecified atom stereocenters. The number of nitrogens with zero attached hydrogens (tertiary/aromatic N) is 2. The summed E-state index contributed by atoms with van der Waals surface area (Å²) in [7, 11) is 0. The van der Waals surface area contributed by atoms with E-state index >= 15 is 0 Å². The summed E-state index contributed by atoms with van der Waals surface area (Å²) in [4.78, 5) is 33.1. The van der Waals surface area contributed by atoms with Crippen molar-refractivity contribution >= 4 is 17.3 Å².